The van der Waals surface area contributed by atoms with Crippen molar-refractivity contribution in [1.82, 2.24) is 5.32 Å². The molecule has 0 radical (unpaired) electrons. The average molecular weight is 243 g/mol. The first-order chi connectivity index (χ1) is 7.82. The second-order valence-electron chi connectivity index (χ2n) is 5.56. The number of ether oxygens (including phenoxy) is 1. The van der Waals surface area contributed by atoms with Crippen LogP contribution in [-0.4, -0.2) is 36.2 Å². The van der Waals surface area contributed by atoms with Crippen LogP contribution in [-0.2, 0) is 14.3 Å². The van der Waals surface area contributed by atoms with Crippen LogP contribution in [0, 0.1) is 11.3 Å². The highest BCUT2D eigenvalue weighted by atomic mass is 16.5. The number of carboxylic acid groups (broad SMARTS) is 1. The van der Waals surface area contributed by atoms with E-state index in [1.54, 1.807) is 20.8 Å². The molecule has 5 heteroatoms. The molecule has 1 amide bonds. The summed E-state index contributed by atoms with van der Waals surface area (Å²) in [7, 11) is 0. The van der Waals surface area contributed by atoms with Crippen LogP contribution in [0.2, 0.25) is 0 Å². The second-order valence-corrected chi connectivity index (χ2v) is 5.56. The molecule has 17 heavy (non-hydrogen) atoms. The number of carbonyl (C=O) groups is 2. The molecule has 0 aromatic carbocycles. The van der Waals surface area contributed by atoms with E-state index in [1.165, 1.54) is 0 Å². The summed E-state index contributed by atoms with van der Waals surface area (Å²) in [4.78, 5) is 23.0. The minimum atomic E-state index is -0.998. The molecule has 98 valence electrons. The Morgan fingerprint density at radius 2 is 2.06 bits per heavy atom. The quantitative estimate of drug-likeness (QED) is 0.776. The molecule has 1 aliphatic heterocycles. The molecule has 1 heterocycles. The maximum absolute atomic E-state index is 11.9. The van der Waals surface area contributed by atoms with Crippen LogP contribution in [0.1, 0.15) is 33.6 Å². The fourth-order valence-corrected chi connectivity index (χ4v) is 1.86. The van der Waals surface area contributed by atoms with Gasteiger partial charge in [-0.3, -0.25) is 4.79 Å². The summed E-state index contributed by atoms with van der Waals surface area (Å²) >= 11 is 0. The highest BCUT2D eigenvalue weighted by Crippen LogP contribution is 2.21. The Morgan fingerprint density at radius 1 is 1.41 bits per heavy atom. The van der Waals surface area contributed by atoms with Crippen LogP contribution in [0.4, 0.5) is 0 Å². The van der Waals surface area contributed by atoms with Gasteiger partial charge in [0, 0.05) is 6.61 Å². The van der Waals surface area contributed by atoms with Crippen LogP contribution < -0.4 is 5.32 Å². The first-order valence-corrected chi connectivity index (χ1v) is 5.93. The highest BCUT2D eigenvalue weighted by molar-refractivity contribution is 5.85. The van der Waals surface area contributed by atoms with Crippen molar-refractivity contribution in [2.75, 3.05) is 13.2 Å². The number of hydrogen-bond acceptors (Lipinski definition) is 3. The molecule has 0 spiro atoms. The summed E-state index contributed by atoms with van der Waals surface area (Å²) in [6.07, 6.45) is 1.62. The lowest BCUT2D eigenvalue weighted by atomic mass is 9.86. The predicted octanol–water partition coefficient (Wildman–Crippen LogP) is 1.03. The Bertz CT molecular complexity index is 289. The predicted molar refractivity (Wildman–Crippen MR) is 62.6 cm³/mol. The first-order valence-electron chi connectivity index (χ1n) is 5.93. The van der Waals surface area contributed by atoms with Crippen LogP contribution in [0.25, 0.3) is 0 Å². The van der Waals surface area contributed by atoms with Gasteiger partial charge in [0.05, 0.1) is 12.5 Å². The van der Waals surface area contributed by atoms with Gasteiger partial charge in [-0.2, -0.15) is 0 Å². The summed E-state index contributed by atoms with van der Waals surface area (Å²) in [5.74, 6) is -1.43. The summed E-state index contributed by atoms with van der Waals surface area (Å²) < 4.78 is 5.22. The lowest BCUT2D eigenvalue weighted by Crippen LogP contribution is -2.51. The average Bonchev–Trinajstić information content (AvgIpc) is 2.24. The molecule has 5 nitrogen and oxygen atoms in total. The minimum Gasteiger partial charge on any atom is -0.480 e. The molecule has 1 rings (SSSR count). The number of carboxylic acids is 1. The van der Waals surface area contributed by atoms with Crippen molar-refractivity contribution in [2.24, 2.45) is 11.3 Å². The monoisotopic (exact) mass is 243 g/mol. The van der Waals surface area contributed by atoms with Crippen molar-refractivity contribution in [2.45, 2.75) is 39.7 Å². The van der Waals surface area contributed by atoms with E-state index < -0.39 is 17.4 Å². The van der Waals surface area contributed by atoms with E-state index in [-0.39, 0.29) is 11.8 Å². The molecule has 1 aliphatic rings. The maximum Gasteiger partial charge on any atom is 0.326 e. The molecule has 1 unspecified atom stereocenters. The van der Waals surface area contributed by atoms with Crippen molar-refractivity contribution >= 4 is 11.9 Å². The van der Waals surface area contributed by atoms with Gasteiger partial charge in [-0.15, -0.1) is 0 Å². The van der Waals surface area contributed by atoms with Gasteiger partial charge < -0.3 is 15.2 Å². The first kappa shape index (κ1) is 14.0. The van der Waals surface area contributed by atoms with Gasteiger partial charge in [0.25, 0.3) is 0 Å². The summed E-state index contributed by atoms with van der Waals surface area (Å²) in [6, 6.07) is -0.864. The van der Waals surface area contributed by atoms with E-state index in [0.717, 1.165) is 12.8 Å². The van der Waals surface area contributed by atoms with Crippen LogP contribution in [0.15, 0.2) is 0 Å². The zero-order valence-electron chi connectivity index (χ0n) is 10.7. The van der Waals surface area contributed by atoms with Gasteiger partial charge >= 0.3 is 5.97 Å². The zero-order chi connectivity index (χ0) is 13.1. The zero-order valence-corrected chi connectivity index (χ0v) is 10.7. The van der Waals surface area contributed by atoms with Gasteiger partial charge in [0.1, 0.15) is 6.04 Å². The molecule has 0 aliphatic carbocycles. The number of amides is 1. The van der Waals surface area contributed by atoms with Gasteiger partial charge in [-0.1, -0.05) is 20.8 Å². The lowest BCUT2D eigenvalue weighted by molar-refractivity contribution is -0.146. The number of carbonyl (C=O) groups excluding carboxylic acids is 1. The second kappa shape index (κ2) is 5.49. The molecular weight excluding hydrogens is 222 g/mol. The fourth-order valence-electron chi connectivity index (χ4n) is 1.86. The Labute approximate surface area is 102 Å². The third-order valence-electron chi connectivity index (χ3n) is 2.93. The molecule has 0 bridgehead atoms. The van der Waals surface area contributed by atoms with Crippen molar-refractivity contribution < 1.29 is 19.4 Å². The molecule has 0 aromatic heterocycles. The Hall–Kier alpha value is -1.10. The Balaban J connectivity index is 2.60. The van der Waals surface area contributed by atoms with Crippen molar-refractivity contribution in [3.05, 3.63) is 0 Å². The van der Waals surface area contributed by atoms with Gasteiger partial charge in [0.2, 0.25) is 5.91 Å². The van der Waals surface area contributed by atoms with E-state index in [1.807, 2.05) is 0 Å². The summed E-state index contributed by atoms with van der Waals surface area (Å²) in [5.41, 5.74) is -0.503. The van der Waals surface area contributed by atoms with Gasteiger partial charge in [0.15, 0.2) is 0 Å². The highest BCUT2D eigenvalue weighted by Gasteiger charge is 2.34. The summed E-state index contributed by atoms with van der Waals surface area (Å²) in [5, 5.41) is 11.7. The third-order valence-corrected chi connectivity index (χ3v) is 2.93. The van der Waals surface area contributed by atoms with E-state index >= 15 is 0 Å². The molecular formula is C12H21NO4. The van der Waals surface area contributed by atoms with E-state index in [0.29, 0.717) is 13.2 Å². The smallest absolute Gasteiger partial charge is 0.326 e. The summed E-state index contributed by atoms with van der Waals surface area (Å²) in [6.45, 7) is 6.46. The van der Waals surface area contributed by atoms with Gasteiger partial charge in [-0.25, -0.2) is 4.79 Å². The van der Waals surface area contributed by atoms with Crippen LogP contribution in [0.3, 0.4) is 0 Å². The molecule has 1 fully saturated rings. The normalized spacial score (nSPS) is 22.9. The van der Waals surface area contributed by atoms with Crippen LogP contribution in [0.5, 0.6) is 0 Å². The van der Waals surface area contributed by atoms with Crippen molar-refractivity contribution in [1.29, 1.82) is 0 Å². The Morgan fingerprint density at radius 3 is 2.47 bits per heavy atom. The molecule has 0 saturated carbocycles. The number of hydrogen-bond donors (Lipinski definition) is 2. The minimum absolute atomic E-state index is 0.215. The number of rotatable bonds is 3. The molecule has 2 N–H and O–H groups in total. The largest absolute Gasteiger partial charge is 0.480 e. The van der Waals surface area contributed by atoms with E-state index in [2.05, 4.69) is 5.32 Å². The number of aliphatic carboxylic acids is 1. The molecule has 2 atom stereocenters. The molecule has 1 saturated heterocycles. The van der Waals surface area contributed by atoms with Crippen LogP contribution >= 0.6 is 0 Å². The van der Waals surface area contributed by atoms with Gasteiger partial charge in [-0.05, 0) is 18.3 Å². The molecule has 0 aromatic rings. The lowest BCUT2D eigenvalue weighted by Gasteiger charge is -2.30. The number of nitrogens with one attached hydrogen (secondary N) is 1. The van der Waals surface area contributed by atoms with Crippen molar-refractivity contribution in [3.63, 3.8) is 0 Å². The van der Waals surface area contributed by atoms with E-state index in [4.69, 9.17) is 9.84 Å². The maximum atomic E-state index is 11.9. The Kier molecular flexibility index (Phi) is 4.51. The van der Waals surface area contributed by atoms with Crippen molar-refractivity contribution in [3.8, 4) is 0 Å². The fraction of sp³-hybridized carbons (Fsp3) is 0.833. The standard InChI is InChI=1S/C12H21NO4/c1-12(2,3)9(11(15)16)13-10(14)8-5-4-6-17-7-8/h8-9H,4-7H2,1-3H3,(H,13,14)(H,15,16)/t8?,9-/m0/s1. The topological polar surface area (TPSA) is 75.6 Å². The van der Waals surface area contributed by atoms with E-state index in [9.17, 15) is 9.59 Å². The third kappa shape index (κ3) is 4.00. The SMILES string of the molecule is CC(C)(C)[C@@H](NC(=O)C1CCCOC1)C(=O)O.